The molecular formula is C20H27ClINO2S. The topological polar surface area (TPSA) is 26.3 Å². The standard InChI is InChI=1S/C20H27ClNO2S.HI/c1-14(13-22(2,3)15-9-5-4-6-10-15)24-20(23)19-18(21)16-11-7-8-12-17(16)25-19;/h7-8,11-12,14-15H,4-6,9-10,13H2,1-3H3;1H/q+1;/p-1. The number of quaternary nitrogens is 1. The van der Waals surface area contributed by atoms with E-state index in [2.05, 4.69) is 14.1 Å². The molecule has 0 N–H and O–H groups in total. The molecule has 0 amide bonds. The SMILES string of the molecule is CC(C[N+](C)(C)C1CCCCC1)OC(=O)c1sc2ccccc2c1Cl.[I-]. The molecule has 1 aromatic heterocycles. The van der Waals surface area contributed by atoms with Gasteiger partial charge in [-0.15, -0.1) is 11.3 Å². The number of rotatable bonds is 5. The summed E-state index contributed by atoms with van der Waals surface area (Å²) >= 11 is 7.80. The van der Waals surface area contributed by atoms with Crippen LogP contribution < -0.4 is 24.0 Å². The molecule has 6 heteroatoms. The van der Waals surface area contributed by atoms with Crippen LogP contribution in [-0.2, 0) is 4.74 Å². The van der Waals surface area contributed by atoms with Crippen LogP contribution in [0.5, 0.6) is 0 Å². The summed E-state index contributed by atoms with van der Waals surface area (Å²) in [6.45, 7) is 2.82. The van der Waals surface area contributed by atoms with Crippen molar-refractivity contribution in [1.82, 2.24) is 0 Å². The number of esters is 1. The Kier molecular flexibility index (Phi) is 7.77. The van der Waals surface area contributed by atoms with Crippen molar-refractivity contribution in [3.63, 3.8) is 0 Å². The van der Waals surface area contributed by atoms with Gasteiger partial charge in [0.15, 0.2) is 0 Å². The van der Waals surface area contributed by atoms with Crippen LogP contribution in [0.25, 0.3) is 10.1 Å². The highest BCUT2D eigenvalue weighted by Gasteiger charge is 2.32. The number of hydrogen-bond acceptors (Lipinski definition) is 3. The number of hydrogen-bond donors (Lipinski definition) is 0. The molecule has 1 aromatic carbocycles. The Bertz CT molecular complexity index is 755. The molecule has 144 valence electrons. The summed E-state index contributed by atoms with van der Waals surface area (Å²) in [5.74, 6) is -0.303. The molecule has 3 rings (SSSR count). The van der Waals surface area contributed by atoms with Crippen molar-refractivity contribution >= 4 is 39.0 Å². The summed E-state index contributed by atoms with van der Waals surface area (Å²) in [5, 5.41) is 1.44. The highest BCUT2D eigenvalue weighted by atomic mass is 127. The Morgan fingerprint density at radius 3 is 2.58 bits per heavy atom. The number of benzene rings is 1. The Hall–Kier alpha value is -0.370. The first-order valence-corrected chi connectivity index (χ1v) is 10.3. The molecule has 0 spiro atoms. The van der Waals surface area contributed by atoms with Crippen LogP contribution >= 0.6 is 22.9 Å². The molecule has 1 aliphatic carbocycles. The monoisotopic (exact) mass is 507 g/mol. The second-order valence-corrected chi connectivity index (χ2v) is 9.14. The van der Waals surface area contributed by atoms with Gasteiger partial charge in [0.2, 0.25) is 0 Å². The highest BCUT2D eigenvalue weighted by molar-refractivity contribution is 7.21. The normalized spacial score (nSPS) is 16.9. The number of thiophene rings is 1. The van der Waals surface area contributed by atoms with E-state index in [1.54, 1.807) is 0 Å². The van der Waals surface area contributed by atoms with Crippen LogP contribution in [0.1, 0.15) is 48.7 Å². The lowest BCUT2D eigenvalue weighted by atomic mass is 9.93. The lowest BCUT2D eigenvalue weighted by molar-refractivity contribution is -0.918. The Labute approximate surface area is 182 Å². The van der Waals surface area contributed by atoms with E-state index < -0.39 is 0 Å². The Balaban J connectivity index is 0.00000243. The molecule has 3 nitrogen and oxygen atoms in total. The molecule has 0 saturated heterocycles. The van der Waals surface area contributed by atoms with Gasteiger partial charge in [0.1, 0.15) is 17.5 Å². The minimum atomic E-state index is -0.303. The van der Waals surface area contributed by atoms with Crippen molar-refractivity contribution in [2.45, 2.75) is 51.2 Å². The first kappa shape index (κ1) is 21.9. The van der Waals surface area contributed by atoms with Crippen molar-refractivity contribution < 1.29 is 38.0 Å². The summed E-state index contributed by atoms with van der Waals surface area (Å²) in [6, 6.07) is 8.48. The third-order valence-electron chi connectivity index (χ3n) is 5.32. The van der Waals surface area contributed by atoms with Crippen LogP contribution in [0.2, 0.25) is 5.02 Å². The summed E-state index contributed by atoms with van der Waals surface area (Å²) in [7, 11) is 4.51. The van der Waals surface area contributed by atoms with Crippen LogP contribution in [0.15, 0.2) is 24.3 Å². The van der Waals surface area contributed by atoms with Crippen LogP contribution in [0.3, 0.4) is 0 Å². The minimum Gasteiger partial charge on any atom is -1.00 e. The molecule has 0 radical (unpaired) electrons. The molecular weight excluding hydrogens is 481 g/mol. The van der Waals surface area contributed by atoms with E-state index in [4.69, 9.17) is 16.3 Å². The number of likely N-dealkylation sites (N-methyl/N-ethyl adjacent to an activating group) is 1. The smallest absolute Gasteiger partial charge is 0.350 e. The van der Waals surface area contributed by atoms with E-state index in [0.29, 0.717) is 15.9 Å². The van der Waals surface area contributed by atoms with E-state index in [-0.39, 0.29) is 36.0 Å². The molecule has 26 heavy (non-hydrogen) atoms. The predicted octanol–water partition coefficient (Wildman–Crippen LogP) is 2.51. The van der Waals surface area contributed by atoms with Crippen molar-refractivity contribution in [2.24, 2.45) is 0 Å². The summed E-state index contributed by atoms with van der Waals surface area (Å²) in [6.07, 6.45) is 6.40. The number of carbonyl (C=O) groups is 1. The van der Waals surface area contributed by atoms with Gasteiger partial charge >= 0.3 is 5.97 Å². The lowest BCUT2D eigenvalue weighted by Crippen LogP contribution is -3.00. The second kappa shape index (κ2) is 9.22. The van der Waals surface area contributed by atoms with Gasteiger partial charge < -0.3 is 33.2 Å². The third kappa shape index (κ3) is 4.91. The van der Waals surface area contributed by atoms with Gasteiger partial charge in [-0.05, 0) is 38.7 Å². The third-order valence-corrected chi connectivity index (χ3v) is 6.97. The first-order chi connectivity index (χ1) is 11.9. The second-order valence-electron chi connectivity index (χ2n) is 7.71. The Morgan fingerprint density at radius 2 is 1.92 bits per heavy atom. The van der Waals surface area contributed by atoms with E-state index >= 15 is 0 Å². The van der Waals surface area contributed by atoms with Crippen LogP contribution in [0, 0.1) is 0 Å². The lowest BCUT2D eigenvalue weighted by Gasteiger charge is -2.41. The summed E-state index contributed by atoms with van der Waals surface area (Å²) in [4.78, 5) is 13.1. The molecule has 1 aliphatic rings. The Morgan fingerprint density at radius 1 is 1.27 bits per heavy atom. The number of ether oxygens (including phenoxy) is 1. The van der Waals surface area contributed by atoms with Crippen molar-refractivity contribution in [2.75, 3.05) is 20.6 Å². The molecule has 2 aromatic rings. The van der Waals surface area contributed by atoms with E-state index in [9.17, 15) is 4.79 Å². The molecule has 1 saturated carbocycles. The molecule has 1 fully saturated rings. The van der Waals surface area contributed by atoms with Gasteiger partial charge in [-0.1, -0.05) is 36.2 Å². The molecule has 0 bridgehead atoms. The molecule has 1 unspecified atom stereocenters. The summed E-state index contributed by atoms with van der Waals surface area (Å²) < 4.78 is 7.68. The maximum Gasteiger partial charge on any atom is 0.350 e. The van der Waals surface area contributed by atoms with Crippen molar-refractivity contribution in [3.05, 3.63) is 34.2 Å². The largest absolute Gasteiger partial charge is 1.00 e. The first-order valence-electron chi connectivity index (χ1n) is 9.09. The van der Waals surface area contributed by atoms with Gasteiger partial charge in [0.05, 0.1) is 25.2 Å². The fourth-order valence-corrected chi connectivity index (χ4v) is 5.40. The minimum absolute atomic E-state index is 0. The maximum atomic E-state index is 12.6. The van der Waals surface area contributed by atoms with Gasteiger partial charge in [-0.25, -0.2) is 4.79 Å². The zero-order valence-electron chi connectivity index (χ0n) is 15.6. The van der Waals surface area contributed by atoms with Crippen molar-refractivity contribution in [3.8, 4) is 0 Å². The fourth-order valence-electron chi connectivity index (χ4n) is 4.01. The van der Waals surface area contributed by atoms with Gasteiger partial charge in [-0.3, -0.25) is 0 Å². The average Bonchev–Trinajstić information content (AvgIpc) is 2.92. The zero-order chi connectivity index (χ0) is 18.0. The molecule has 0 aliphatic heterocycles. The number of halogens is 2. The molecule has 1 heterocycles. The quantitative estimate of drug-likeness (QED) is 0.353. The van der Waals surface area contributed by atoms with E-state index in [1.807, 2.05) is 31.2 Å². The summed E-state index contributed by atoms with van der Waals surface area (Å²) in [5.41, 5.74) is 0. The molecule has 1 atom stereocenters. The predicted molar refractivity (Wildman–Crippen MR) is 106 cm³/mol. The number of nitrogens with zero attached hydrogens (tertiary/aromatic N) is 1. The van der Waals surface area contributed by atoms with Gasteiger partial charge in [0.25, 0.3) is 0 Å². The average molecular weight is 508 g/mol. The fraction of sp³-hybridized carbons (Fsp3) is 0.550. The number of fused-ring (bicyclic) bond motifs is 1. The zero-order valence-corrected chi connectivity index (χ0v) is 19.4. The van der Waals surface area contributed by atoms with Crippen LogP contribution in [-0.4, -0.2) is 43.2 Å². The van der Waals surface area contributed by atoms with Gasteiger partial charge in [0, 0.05) is 10.1 Å². The van der Waals surface area contributed by atoms with Crippen LogP contribution in [0.4, 0.5) is 0 Å². The van der Waals surface area contributed by atoms with E-state index in [1.165, 1.54) is 43.4 Å². The number of carbonyl (C=O) groups excluding carboxylic acids is 1. The highest BCUT2D eigenvalue weighted by Crippen LogP contribution is 2.35. The van der Waals surface area contributed by atoms with Crippen molar-refractivity contribution in [1.29, 1.82) is 0 Å². The van der Waals surface area contributed by atoms with E-state index in [0.717, 1.165) is 21.1 Å². The maximum absolute atomic E-state index is 12.6. The van der Waals surface area contributed by atoms with Gasteiger partial charge in [-0.2, -0.15) is 0 Å².